The van der Waals surface area contributed by atoms with Crippen molar-refractivity contribution in [2.24, 2.45) is 0 Å². The zero-order chi connectivity index (χ0) is 24.6. The minimum atomic E-state index is -0.842. The van der Waals surface area contributed by atoms with Gasteiger partial charge in [-0.2, -0.15) is 10.2 Å². The van der Waals surface area contributed by atoms with Crippen LogP contribution in [0.3, 0.4) is 0 Å². The lowest BCUT2D eigenvalue weighted by Crippen LogP contribution is -2.28. The lowest BCUT2D eigenvalue weighted by Gasteiger charge is -2.24. The molecule has 0 spiro atoms. The molecule has 0 bridgehead atoms. The Kier molecular flexibility index (Phi) is 12.9. The summed E-state index contributed by atoms with van der Waals surface area (Å²) in [7, 11) is 0. The lowest BCUT2D eigenvalue weighted by atomic mass is 10.1. The number of aromatic nitrogens is 2. The third kappa shape index (κ3) is 9.31. The molecular weight excluding hydrogens is 424 g/mol. The second kappa shape index (κ2) is 15.4. The first-order chi connectivity index (χ1) is 15.9. The molecule has 1 aromatic heterocycles. The third-order valence-electron chi connectivity index (χ3n) is 4.57. The van der Waals surface area contributed by atoms with Gasteiger partial charge < -0.3 is 19.1 Å². The number of hydrogen-bond donors (Lipinski definition) is 0. The number of rotatable bonds is 15. The van der Waals surface area contributed by atoms with E-state index in [1.807, 2.05) is 13.0 Å². The molecule has 1 aromatic rings. The second-order valence-corrected chi connectivity index (χ2v) is 7.13. The Labute approximate surface area is 196 Å². The number of anilines is 1. The van der Waals surface area contributed by atoms with Crippen molar-refractivity contribution in [1.82, 2.24) is 9.97 Å². The predicted molar refractivity (Wildman–Crippen MR) is 126 cm³/mol. The van der Waals surface area contributed by atoms with E-state index in [-0.39, 0.29) is 18.8 Å². The monoisotopic (exact) mass is 458 g/mol. The van der Waals surface area contributed by atoms with E-state index in [1.165, 1.54) is 6.08 Å². The van der Waals surface area contributed by atoms with Gasteiger partial charge in [0.25, 0.3) is 0 Å². The molecule has 9 nitrogen and oxygen atoms in total. The molecule has 0 aliphatic rings. The van der Waals surface area contributed by atoms with E-state index in [4.69, 9.17) is 14.2 Å². The summed E-state index contributed by atoms with van der Waals surface area (Å²) in [6.45, 7) is 12.9. The van der Waals surface area contributed by atoms with Gasteiger partial charge in [0, 0.05) is 19.2 Å². The van der Waals surface area contributed by atoms with Crippen LogP contribution in [0.25, 0.3) is 6.08 Å². The Morgan fingerprint density at radius 1 is 1.09 bits per heavy atom. The SMILES string of the molecule is C=CC(=O)OCCOC(=O)/C(C#N)=C/c1c(C)nc(N(CCCC)CCCC)nc1OCC. The van der Waals surface area contributed by atoms with E-state index in [1.54, 1.807) is 6.92 Å². The number of esters is 2. The first kappa shape index (κ1) is 27.6. The van der Waals surface area contributed by atoms with Gasteiger partial charge >= 0.3 is 11.9 Å². The van der Waals surface area contributed by atoms with Gasteiger partial charge in [0.05, 0.1) is 17.9 Å². The smallest absolute Gasteiger partial charge is 0.349 e. The van der Waals surface area contributed by atoms with Gasteiger partial charge in [-0.3, -0.25) is 0 Å². The quantitative estimate of drug-likeness (QED) is 0.168. The molecule has 0 aliphatic carbocycles. The van der Waals surface area contributed by atoms with Crippen LogP contribution < -0.4 is 9.64 Å². The van der Waals surface area contributed by atoms with Gasteiger partial charge in [-0.05, 0) is 32.8 Å². The highest BCUT2D eigenvalue weighted by Gasteiger charge is 2.19. The van der Waals surface area contributed by atoms with Crippen LogP contribution in [-0.4, -0.2) is 54.8 Å². The molecule has 0 atom stereocenters. The normalized spacial score (nSPS) is 10.8. The van der Waals surface area contributed by atoms with E-state index >= 15 is 0 Å². The van der Waals surface area contributed by atoms with E-state index in [2.05, 4.69) is 35.3 Å². The minimum Gasteiger partial charge on any atom is -0.477 e. The molecule has 9 heteroatoms. The molecule has 0 aromatic carbocycles. The van der Waals surface area contributed by atoms with Crippen LogP contribution in [0.4, 0.5) is 5.95 Å². The van der Waals surface area contributed by atoms with Crippen LogP contribution in [0, 0.1) is 18.3 Å². The van der Waals surface area contributed by atoms with E-state index in [9.17, 15) is 14.9 Å². The van der Waals surface area contributed by atoms with Crippen molar-refractivity contribution in [2.45, 2.75) is 53.4 Å². The number of unbranched alkanes of at least 4 members (excludes halogenated alkanes) is 2. The number of nitriles is 1. The van der Waals surface area contributed by atoms with E-state index in [0.29, 0.717) is 29.7 Å². The Balaban J connectivity index is 3.17. The first-order valence-electron chi connectivity index (χ1n) is 11.3. The number of nitrogens with zero attached hydrogens (tertiary/aromatic N) is 4. The summed E-state index contributed by atoms with van der Waals surface area (Å²) in [5.41, 5.74) is 0.791. The molecule has 1 rings (SSSR count). The summed E-state index contributed by atoms with van der Waals surface area (Å²) in [4.78, 5) is 34.7. The fourth-order valence-electron chi connectivity index (χ4n) is 2.80. The van der Waals surface area contributed by atoms with Crippen molar-refractivity contribution in [3.8, 4) is 11.9 Å². The molecule has 0 radical (unpaired) electrons. The first-order valence-corrected chi connectivity index (χ1v) is 11.3. The Morgan fingerprint density at radius 2 is 1.73 bits per heavy atom. The van der Waals surface area contributed by atoms with Crippen LogP contribution in [0.1, 0.15) is 57.7 Å². The second-order valence-electron chi connectivity index (χ2n) is 7.13. The standard InChI is InChI=1S/C24H34N4O5/c1-6-10-12-28(13-11-7-2)24-26-18(5)20(22(27-24)31-9-4)16-19(17-25)23(30)33-15-14-32-21(29)8-3/h8,16H,3,6-7,9-15H2,1-2,4-5H3/b19-16+. The third-order valence-corrected chi connectivity index (χ3v) is 4.57. The highest BCUT2D eigenvalue weighted by atomic mass is 16.6. The van der Waals surface area contributed by atoms with Gasteiger partial charge in [0.1, 0.15) is 24.9 Å². The largest absolute Gasteiger partial charge is 0.477 e. The maximum absolute atomic E-state index is 12.3. The van der Waals surface area contributed by atoms with Gasteiger partial charge in [-0.15, -0.1) is 0 Å². The van der Waals surface area contributed by atoms with Crippen LogP contribution in [-0.2, 0) is 19.1 Å². The van der Waals surface area contributed by atoms with Crippen LogP contribution in [0.15, 0.2) is 18.2 Å². The van der Waals surface area contributed by atoms with Crippen molar-refractivity contribution in [3.05, 3.63) is 29.5 Å². The molecule has 33 heavy (non-hydrogen) atoms. The van der Waals surface area contributed by atoms with Crippen molar-refractivity contribution in [1.29, 1.82) is 5.26 Å². The summed E-state index contributed by atoms with van der Waals surface area (Å²) >= 11 is 0. The summed E-state index contributed by atoms with van der Waals surface area (Å²) < 4.78 is 15.5. The summed E-state index contributed by atoms with van der Waals surface area (Å²) in [6.07, 6.45) is 6.53. The number of aryl methyl sites for hydroxylation is 1. The maximum atomic E-state index is 12.3. The van der Waals surface area contributed by atoms with Crippen molar-refractivity contribution < 1.29 is 23.8 Å². The van der Waals surface area contributed by atoms with Crippen molar-refractivity contribution >= 4 is 24.0 Å². The molecule has 0 N–H and O–H groups in total. The van der Waals surface area contributed by atoms with E-state index < -0.39 is 11.9 Å². The zero-order valence-corrected chi connectivity index (χ0v) is 20.1. The van der Waals surface area contributed by atoms with E-state index in [0.717, 1.165) is 44.8 Å². The molecule has 1 heterocycles. The zero-order valence-electron chi connectivity index (χ0n) is 20.1. The Hall–Kier alpha value is -3.41. The Morgan fingerprint density at radius 3 is 2.27 bits per heavy atom. The Bertz CT molecular complexity index is 868. The fraction of sp³-hybridized carbons (Fsp3) is 0.542. The molecule has 0 saturated carbocycles. The predicted octanol–water partition coefficient (Wildman–Crippen LogP) is 3.77. The van der Waals surface area contributed by atoms with Gasteiger partial charge in [0.2, 0.25) is 11.8 Å². The number of carbonyl (C=O) groups excluding carboxylic acids is 2. The van der Waals surface area contributed by atoms with Crippen LogP contribution >= 0.6 is 0 Å². The maximum Gasteiger partial charge on any atom is 0.349 e. The summed E-state index contributed by atoms with van der Waals surface area (Å²) in [6, 6.07) is 1.84. The van der Waals surface area contributed by atoms with Crippen molar-refractivity contribution in [3.63, 3.8) is 0 Å². The molecule has 180 valence electrons. The molecular formula is C24H34N4O5. The number of ether oxygens (including phenoxy) is 3. The van der Waals surface area contributed by atoms with Gasteiger partial charge in [-0.25, -0.2) is 14.6 Å². The lowest BCUT2D eigenvalue weighted by molar-refractivity contribution is -0.146. The molecule has 0 aliphatic heterocycles. The number of carbonyl (C=O) groups is 2. The highest BCUT2D eigenvalue weighted by Crippen LogP contribution is 2.26. The average molecular weight is 459 g/mol. The molecule has 0 fully saturated rings. The molecule has 0 saturated heterocycles. The van der Waals surface area contributed by atoms with Gasteiger partial charge in [-0.1, -0.05) is 33.3 Å². The molecule has 0 unspecified atom stereocenters. The van der Waals surface area contributed by atoms with Crippen LogP contribution in [0.2, 0.25) is 0 Å². The average Bonchev–Trinajstić information content (AvgIpc) is 2.81. The topological polar surface area (TPSA) is 115 Å². The summed E-state index contributed by atoms with van der Waals surface area (Å²) in [5, 5.41) is 9.48. The minimum absolute atomic E-state index is 0.137. The number of hydrogen-bond acceptors (Lipinski definition) is 9. The highest BCUT2D eigenvalue weighted by molar-refractivity contribution is 5.98. The van der Waals surface area contributed by atoms with Crippen molar-refractivity contribution in [2.75, 3.05) is 37.8 Å². The summed E-state index contributed by atoms with van der Waals surface area (Å²) in [5.74, 6) is -0.590. The molecule has 0 amide bonds. The van der Waals surface area contributed by atoms with Crippen LogP contribution in [0.5, 0.6) is 5.88 Å². The fourth-order valence-corrected chi connectivity index (χ4v) is 2.80. The van der Waals surface area contributed by atoms with Gasteiger partial charge in [0.15, 0.2) is 0 Å².